The van der Waals surface area contributed by atoms with E-state index in [2.05, 4.69) is 0 Å². The Morgan fingerprint density at radius 3 is 2.00 bits per heavy atom. The Morgan fingerprint density at radius 2 is 1.44 bits per heavy atom. The highest BCUT2D eigenvalue weighted by atomic mass is 19.1. The van der Waals surface area contributed by atoms with Gasteiger partial charge in [0.25, 0.3) is 0 Å². The molecule has 0 atom stereocenters. The number of benzene rings is 2. The second-order valence-electron chi connectivity index (χ2n) is 4.05. The summed E-state index contributed by atoms with van der Waals surface area (Å²) in [6.07, 6.45) is 0. The molecule has 18 heavy (non-hydrogen) atoms. The first kappa shape index (κ1) is 12.4. The minimum absolute atomic E-state index is 0.323. The van der Waals surface area contributed by atoms with Crippen molar-refractivity contribution >= 4 is 0 Å². The molecule has 0 N–H and O–H groups in total. The first-order chi connectivity index (χ1) is 8.65. The van der Waals surface area contributed by atoms with Crippen LogP contribution in [0.1, 0.15) is 5.56 Å². The van der Waals surface area contributed by atoms with Crippen molar-refractivity contribution < 1.29 is 13.9 Å². The fraction of sp³-hybridized carbons (Fsp3) is 0.200. The van der Waals surface area contributed by atoms with E-state index in [0.29, 0.717) is 17.1 Å². The summed E-state index contributed by atoms with van der Waals surface area (Å²) in [5.41, 5.74) is 2.46. The molecule has 0 aromatic heterocycles. The van der Waals surface area contributed by atoms with Crippen LogP contribution in [-0.2, 0) is 0 Å². The van der Waals surface area contributed by atoms with Gasteiger partial charge in [-0.2, -0.15) is 0 Å². The standard InChI is InChI=1S/C15H15FO2/c1-10-4-6-11(7-5-10)12-8-14(17-2)15(18-3)9-13(12)16/h4-9H,1-3H3. The van der Waals surface area contributed by atoms with Crippen molar-refractivity contribution in [3.63, 3.8) is 0 Å². The highest BCUT2D eigenvalue weighted by molar-refractivity contribution is 5.68. The average molecular weight is 246 g/mol. The Hall–Kier alpha value is -2.03. The molecule has 0 bridgehead atoms. The molecule has 2 rings (SSSR count). The zero-order chi connectivity index (χ0) is 13.1. The topological polar surface area (TPSA) is 18.5 Å². The predicted octanol–water partition coefficient (Wildman–Crippen LogP) is 3.82. The molecule has 2 aromatic carbocycles. The first-order valence-corrected chi connectivity index (χ1v) is 5.64. The molecule has 0 radical (unpaired) electrons. The van der Waals surface area contributed by atoms with E-state index in [-0.39, 0.29) is 5.82 Å². The molecule has 0 amide bonds. The van der Waals surface area contributed by atoms with Gasteiger partial charge in [0, 0.05) is 11.6 Å². The Labute approximate surface area is 106 Å². The SMILES string of the molecule is COc1cc(F)c(-c2ccc(C)cc2)cc1OC. The van der Waals surface area contributed by atoms with E-state index in [4.69, 9.17) is 9.47 Å². The molecule has 0 aliphatic carbocycles. The zero-order valence-electron chi connectivity index (χ0n) is 10.7. The first-order valence-electron chi connectivity index (χ1n) is 5.64. The second-order valence-corrected chi connectivity index (χ2v) is 4.05. The molecule has 0 spiro atoms. The molecule has 2 nitrogen and oxygen atoms in total. The van der Waals surface area contributed by atoms with Crippen LogP contribution in [0.25, 0.3) is 11.1 Å². The van der Waals surface area contributed by atoms with Gasteiger partial charge in [-0.3, -0.25) is 0 Å². The number of ether oxygens (including phenoxy) is 2. The summed E-state index contributed by atoms with van der Waals surface area (Å²) < 4.78 is 24.3. The molecule has 3 heteroatoms. The molecule has 0 unspecified atom stereocenters. The lowest BCUT2D eigenvalue weighted by Gasteiger charge is -2.11. The van der Waals surface area contributed by atoms with E-state index < -0.39 is 0 Å². The Morgan fingerprint density at radius 1 is 0.889 bits per heavy atom. The summed E-state index contributed by atoms with van der Waals surface area (Å²) >= 11 is 0. The number of hydrogen-bond donors (Lipinski definition) is 0. The molecule has 0 saturated heterocycles. The summed E-state index contributed by atoms with van der Waals surface area (Å²) in [7, 11) is 3.03. The number of halogens is 1. The molecule has 0 aliphatic heterocycles. The summed E-state index contributed by atoms with van der Waals surface area (Å²) in [5.74, 6) is 0.594. The van der Waals surface area contributed by atoms with Crippen LogP contribution < -0.4 is 9.47 Å². The van der Waals surface area contributed by atoms with Gasteiger partial charge in [-0.1, -0.05) is 29.8 Å². The van der Waals surface area contributed by atoms with Gasteiger partial charge >= 0.3 is 0 Å². The van der Waals surface area contributed by atoms with Gasteiger partial charge in [-0.05, 0) is 18.6 Å². The Kier molecular flexibility index (Phi) is 3.51. The average Bonchev–Trinajstić information content (AvgIpc) is 2.39. The number of methoxy groups -OCH3 is 2. The minimum atomic E-state index is -0.323. The van der Waals surface area contributed by atoms with Crippen LogP contribution in [0.2, 0.25) is 0 Å². The molecule has 0 fully saturated rings. The van der Waals surface area contributed by atoms with Crippen LogP contribution in [0.3, 0.4) is 0 Å². The van der Waals surface area contributed by atoms with E-state index in [1.807, 2.05) is 31.2 Å². The van der Waals surface area contributed by atoms with Crippen molar-refractivity contribution in [1.29, 1.82) is 0 Å². The van der Waals surface area contributed by atoms with E-state index in [9.17, 15) is 4.39 Å². The summed E-state index contributed by atoms with van der Waals surface area (Å²) in [6, 6.07) is 10.7. The molecule has 2 aromatic rings. The lowest BCUT2D eigenvalue weighted by molar-refractivity contribution is 0.352. The van der Waals surface area contributed by atoms with Gasteiger partial charge in [0.1, 0.15) is 5.82 Å². The third-order valence-electron chi connectivity index (χ3n) is 2.84. The summed E-state index contributed by atoms with van der Waals surface area (Å²) in [6.45, 7) is 1.99. The quantitative estimate of drug-likeness (QED) is 0.819. The second kappa shape index (κ2) is 5.08. The Balaban J connectivity index is 2.54. The van der Waals surface area contributed by atoms with Crippen molar-refractivity contribution in [1.82, 2.24) is 0 Å². The summed E-state index contributed by atoms with van der Waals surface area (Å²) in [4.78, 5) is 0. The molecule has 0 saturated carbocycles. The maximum Gasteiger partial charge on any atom is 0.163 e. The minimum Gasteiger partial charge on any atom is -0.493 e. The van der Waals surface area contributed by atoms with Crippen LogP contribution in [-0.4, -0.2) is 14.2 Å². The van der Waals surface area contributed by atoms with Crippen molar-refractivity contribution in [2.75, 3.05) is 14.2 Å². The molecule has 0 heterocycles. The van der Waals surface area contributed by atoms with Crippen molar-refractivity contribution in [3.05, 3.63) is 47.8 Å². The van der Waals surface area contributed by atoms with E-state index in [1.54, 1.807) is 6.07 Å². The fourth-order valence-corrected chi connectivity index (χ4v) is 1.81. The van der Waals surface area contributed by atoms with E-state index in [0.717, 1.165) is 11.1 Å². The van der Waals surface area contributed by atoms with Gasteiger partial charge in [-0.15, -0.1) is 0 Å². The van der Waals surface area contributed by atoms with Gasteiger partial charge in [0.05, 0.1) is 14.2 Å². The normalized spacial score (nSPS) is 10.2. The third-order valence-corrected chi connectivity index (χ3v) is 2.84. The number of aryl methyl sites for hydroxylation is 1. The number of hydrogen-bond acceptors (Lipinski definition) is 2. The molecule has 0 aliphatic rings. The molecular formula is C15H15FO2. The largest absolute Gasteiger partial charge is 0.493 e. The van der Waals surface area contributed by atoms with Crippen molar-refractivity contribution in [2.24, 2.45) is 0 Å². The van der Waals surface area contributed by atoms with E-state index in [1.165, 1.54) is 20.3 Å². The van der Waals surface area contributed by atoms with Crippen molar-refractivity contribution in [3.8, 4) is 22.6 Å². The number of rotatable bonds is 3. The van der Waals surface area contributed by atoms with Gasteiger partial charge < -0.3 is 9.47 Å². The van der Waals surface area contributed by atoms with Crippen LogP contribution in [0.4, 0.5) is 4.39 Å². The van der Waals surface area contributed by atoms with Gasteiger partial charge in [0.2, 0.25) is 0 Å². The monoisotopic (exact) mass is 246 g/mol. The van der Waals surface area contributed by atoms with Gasteiger partial charge in [0.15, 0.2) is 11.5 Å². The van der Waals surface area contributed by atoms with Gasteiger partial charge in [-0.25, -0.2) is 4.39 Å². The highest BCUT2D eigenvalue weighted by Crippen LogP contribution is 2.34. The van der Waals surface area contributed by atoms with Crippen molar-refractivity contribution in [2.45, 2.75) is 6.92 Å². The van der Waals surface area contributed by atoms with E-state index >= 15 is 0 Å². The lowest BCUT2D eigenvalue weighted by atomic mass is 10.0. The van der Waals surface area contributed by atoms with Crippen LogP contribution in [0.15, 0.2) is 36.4 Å². The van der Waals surface area contributed by atoms with Crippen LogP contribution in [0, 0.1) is 12.7 Å². The third kappa shape index (κ3) is 2.30. The molecular weight excluding hydrogens is 231 g/mol. The summed E-state index contributed by atoms with van der Waals surface area (Å²) in [5, 5.41) is 0. The highest BCUT2D eigenvalue weighted by Gasteiger charge is 2.12. The maximum atomic E-state index is 14.0. The lowest BCUT2D eigenvalue weighted by Crippen LogP contribution is -1.94. The fourth-order valence-electron chi connectivity index (χ4n) is 1.81. The van der Waals surface area contributed by atoms with Crippen LogP contribution in [0.5, 0.6) is 11.5 Å². The Bertz CT molecular complexity index is 547. The molecule has 94 valence electrons. The zero-order valence-corrected chi connectivity index (χ0v) is 10.7. The van der Waals surface area contributed by atoms with Crippen LogP contribution >= 0.6 is 0 Å². The smallest absolute Gasteiger partial charge is 0.163 e. The maximum absolute atomic E-state index is 14.0. The predicted molar refractivity (Wildman–Crippen MR) is 69.7 cm³/mol.